The first kappa shape index (κ1) is 16.8. The van der Waals surface area contributed by atoms with Crippen LogP contribution in [0.25, 0.3) is 0 Å². The van der Waals surface area contributed by atoms with E-state index in [1.165, 1.54) is 18.2 Å². The molecule has 6 nitrogen and oxygen atoms in total. The number of aromatic hydroxyl groups is 2. The summed E-state index contributed by atoms with van der Waals surface area (Å²) in [6.07, 6.45) is 0. The van der Waals surface area contributed by atoms with Gasteiger partial charge in [0.15, 0.2) is 0 Å². The minimum atomic E-state index is -0.270. The van der Waals surface area contributed by atoms with Gasteiger partial charge in [0.05, 0.1) is 0 Å². The number of phenolic OH excluding ortho intramolecular Hbond substituents is 2. The van der Waals surface area contributed by atoms with Crippen LogP contribution in [0.2, 0.25) is 0 Å². The molecule has 2 amide bonds. The van der Waals surface area contributed by atoms with Crippen LogP contribution in [0.5, 0.6) is 11.5 Å². The zero-order chi connectivity index (χ0) is 18.0. The molecule has 1 aliphatic heterocycles. The van der Waals surface area contributed by atoms with Crippen LogP contribution in [-0.4, -0.2) is 58.0 Å². The van der Waals surface area contributed by atoms with Gasteiger partial charge in [-0.1, -0.05) is 17.7 Å². The number of carbonyl (C=O) groups excluding carboxylic acids is 2. The van der Waals surface area contributed by atoms with Gasteiger partial charge in [0.1, 0.15) is 11.5 Å². The Balaban J connectivity index is 1.65. The summed E-state index contributed by atoms with van der Waals surface area (Å²) in [7, 11) is 0. The summed E-state index contributed by atoms with van der Waals surface area (Å²) in [5.41, 5.74) is 1.91. The molecule has 0 spiro atoms. The molecule has 3 rings (SSSR count). The Morgan fingerprint density at radius 2 is 1.32 bits per heavy atom. The van der Waals surface area contributed by atoms with E-state index in [0.29, 0.717) is 31.7 Å². The number of hydrogen-bond donors (Lipinski definition) is 2. The highest BCUT2D eigenvalue weighted by Gasteiger charge is 2.26. The van der Waals surface area contributed by atoms with Gasteiger partial charge < -0.3 is 20.0 Å². The minimum absolute atomic E-state index is 0.0363. The van der Waals surface area contributed by atoms with E-state index >= 15 is 0 Å². The summed E-state index contributed by atoms with van der Waals surface area (Å²) in [4.78, 5) is 28.4. The highest BCUT2D eigenvalue weighted by Crippen LogP contribution is 2.22. The number of amides is 2. The lowest BCUT2D eigenvalue weighted by molar-refractivity contribution is 0.0535. The molecule has 1 fully saturated rings. The van der Waals surface area contributed by atoms with Crippen LogP contribution in [-0.2, 0) is 0 Å². The largest absolute Gasteiger partial charge is 0.508 e. The fourth-order valence-electron chi connectivity index (χ4n) is 2.97. The van der Waals surface area contributed by atoms with Gasteiger partial charge >= 0.3 is 0 Å². The van der Waals surface area contributed by atoms with Gasteiger partial charge in [0.2, 0.25) is 0 Å². The van der Waals surface area contributed by atoms with Crippen LogP contribution in [0.1, 0.15) is 26.3 Å². The van der Waals surface area contributed by atoms with Crippen molar-refractivity contribution in [2.24, 2.45) is 0 Å². The van der Waals surface area contributed by atoms with E-state index < -0.39 is 0 Å². The molecule has 2 aromatic carbocycles. The van der Waals surface area contributed by atoms with Crippen LogP contribution in [0.3, 0.4) is 0 Å². The number of piperazine rings is 1. The lowest BCUT2D eigenvalue weighted by Crippen LogP contribution is -2.50. The molecule has 0 radical (unpaired) electrons. The molecule has 0 saturated carbocycles. The maximum Gasteiger partial charge on any atom is 0.254 e. The molecule has 1 aliphatic rings. The fraction of sp³-hybridized carbons (Fsp3) is 0.263. The number of phenols is 2. The van der Waals surface area contributed by atoms with E-state index in [1.807, 2.05) is 25.1 Å². The average Bonchev–Trinajstić information content (AvgIpc) is 2.60. The second kappa shape index (κ2) is 6.84. The molecule has 0 bridgehead atoms. The zero-order valence-electron chi connectivity index (χ0n) is 14.0. The number of hydrogen-bond acceptors (Lipinski definition) is 4. The summed E-state index contributed by atoms with van der Waals surface area (Å²) < 4.78 is 0. The Morgan fingerprint density at radius 3 is 1.84 bits per heavy atom. The molecule has 2 N–H and O–H groups in total. The van der Waals surface area contributed by atoms with Crippen LogP contribution in [0, 0.1) is 6.92 Å². The predicted octanol–water partition coefficient (Wildman–Crippen LogP) is 2.00. The van der Waals surface area contributed by atoms with Crippen LogP contribution in [0.15, 0.2) is 42.5 Å². The topological polar surface area (TPSA) is 81.1 Å². The molecule has 130 valence electrons. The summed E-state index contributed by atoms with van der Waals surface area (Å²) in [6, 6.07) is 11.3. The Bertz CT molecular complexity index is 791. The molecule has 6 heteroatoms. The van der Waals surface area contributed by atoms with E-state index in [0.717, 1.165) is 5.56 Å². The maximum absolute atomic E-state index is 12.5. The molecule has 1 heterocycles. The standard InChI is InChI=1S/C19H20N2O4/c1-13-3-2-4-14(9-13)18(24)20-5-7-21(8-6-20)19(25)15-10-16(22)12-17(23)11-15/h2-4,9-12,22-23H,5-8H2,1H3. The summed E-state index contributed by atoms with van der Waals surface area (Å²) >= 11 is 0. The van der Waals surface area contributed by atoms with Gasteiger partial charge in [0.25, 0.3) is 11.8 Å². The molecule has 0 aliphatic carbocycles. The van der Waals surface area contributed by atoms with Gasteiger partial charge in [0, 0.05) is 43.4 Å². The molecule has 1 saturated heterocycles. The zero-order valence-corrected chi connectivity index (χ0v) is 14.0. The van der Waals surface area contributed by atoms with E-state index in [-0.39, 0.29) is 28.9 Å². The molecule has 2 aromatic rings. The number of rotatable bonds is 2. The number of aryl methyl sites for hydroxylation is 1. The lowest BCUT2D eigenvalue weighted by Gasteiger charge is -2.35. The SMILES string of the molecule is Cc1cccc(C(=O)N2CCN(C(=O)c3cc(O)cc(O)c3)CC2)c1. The van der Waals surface area contributed by atoms with E-state index in [1.54, 1.807) is 15.9 Å². The first-order chi connectivity index (χ1) is 11.9. The second-order valence-electron chi connectivity index (χ2n) is 6.19. The second-order valence-corrected chi connectivity index (χ2v) is 6.19. The Hall–Kier alpha value is -3.02. The third-order valence-corrected chi connectivity index (χ3v) is 4.27. The Kier molecular flexibility index (Phi) is 4.61. The van der Waals surface area contributed by atoms with Crippen molar-refractivity contribution in [1.29, 1.82) is 0 Å². The van der Waals surface area contributed by atoms with E-state index in [2.05, 4.69) is 0 Å². The fourth-order valence-corrected chi connectivity index (χ4v) is 2.97. The van der Waals surface area contributed by atoms with Crippen molar-refractivity contribution in [3.63, 3.8) is 0 Å². The van der Waals surface area contributed by atoms with Crippen molar-refractivity contribution in [2.45, 2.75) is 6.92 Å². The lowest BCUT2D eigenvalue weighted by atomic mass is 10.1. The third kappa shape index (κ3) is 3.74. The summed E-state index contributed by atoms with van der Waals surface area (Å²) in [5.74, 6) is -0.618. The van der Waals surface area contributed by atoms with Crippen molar-refractivity contribution in [3.05, 3.63) is 59.2 Å². The van der Waals surface area contributed by atoms with Gasteiger partial charge in [-0.3, -0.25) is 9.59 Å². The van der Waals surface area contributed by atoms with E-state index in [9.17, 15) is 19.8 Å². The van der Waals surface area contributed by atoms with Gasteiger partial charge in [-0.2, -0.15) is 0 Å². The molecular formula is C19H20N2O4. The average molecular weight is 340 g/mol. The molecular weight excluding hydrogens is 320 g/mol. The summed E-state index contributed by atoms with van der Waals surface area (Å²) in [5, 5.41) is 19.0. The van der Waals surface area contributed by atoms with Crippen LogP contribution < -0.4 is 0 Å². The van der Waals surface area contributed by atoms with Gasteiger partial charge in [-0.15, -0.1) is 0 Å². The minimum Gasteiger partial charge on any atom is -0.508 e. The molecule has 25 heavy (non-hydrogen) atoms. The van der Waals surface area contributed by atoms with Crippen molar-refractivity contribution < 1.29 is 19.8 Å². The van der Waals surface area contributed by atoms with Crippen LogP contribution >= 0.6 is 0 Å². The number of carbonyl (C=O) groups is 2. The molecule has 0 unspecified atom stereocenters. The normalized spacial score (nSPS) is 14.4. The van der Waals surface area contributed by atoms with Crippen molar-refractivity contribution in [2.75, 3.05) is 26.2 Å². The van der Waals surface area contributed by atoms with Crippen molar-refractivity contribution in [3.8, 4) is 11.5 Å². The Morgan fingerprint density at radius 1 is 0.800 bits per heavy atom. The monoisotopic (exact) mass is 340 g/mol. The third-order valence-electron chi connectivity index (χ3n) is 4.27. The summed E-state index contributed by atoms with van der Waals surface area (Å²) in [6.45, 7) is 3.66. The quantitative estimate of drug-likeness (QED) is 0.876. The molecule has 0 atom stereocenters. The van der Waals surface area contributed by atoms with Gasteiger partial charge in [-0.25, -0.2) is 0 Å². The van der Waals surface area contributed by atoms with E-state index in [4.69, 9.17) is 0 Å². The highest BCUT2D eigenvalue weighted by molar-refractivity contribution is 5.96. The van der Waals surface area contributed by atoms with Gasteiger partial charge in [-0.05, 0) is 31.2 Å². The predicted molar refractivity (Wildman–Crippen MR) is 92.8 cm³/mol. The highest BCUT2D eigenvalue weighted by atomic mass is 16.3. The van der Waals surface area contributed by atoms with Crippen molar-refractivity contribution in [1.82, 2.24) is 9.80 Å². The van der Waals surface area contributed by atoms with Crippen LogP contribution in [0.4, 0.5) is 0 Å². The first-order valence-electron chi connectivity index (χ1n) is 8.12. The number of nitrogens with zero attached hydrogens (tertiary/aromatic N) is 2. The maximum atomic E-state index is 12.5. The smallest absolute Gasteiger partial charge is 0.254 e. The van der Waals surface area contributed by atoms with Crippen molar-refractivity contribution >= 4 is 11.8 Å². The molecule has 0 aromatic heterocycles. The Labute approximate surface area is 145 Å². The first-order valence-corrected chi connectivity index (χ1v) is 8.12. The number of benzene rings is 2.